The number of amides is 1. The van der Waals surface area contributed by atoms with Crippen molar-refractivity contribution in [3.63, 3.8) is 0 Å². The number of carbonyl (C=O) groups excluding carboxylic acids is 1. The standard InChI is InChI=1S/C19H24FN3O3S3/c1-12-7-8-14-16(11-12)28-19(21-14)22-18(24)15(9-10-27-2)23-29(25,26)17-6-4-3-5-13(17)20/h3-6,12,15,23H,7-11H2,1-2H3,(H,21,22,24). The molecule has 3 rings (SSSR count). The third kappa shape index (κ3) is 5.56. The van der Waals surface area contributed by atoms with Gasteiger partial charge in [-0.3, -0.25) is 4.79 Å². The molecular weight excluding hydrogens is 433 g/mol. The molecule has 1 amide bonds. The minimum atomic E-state index is -4.18. The average molecular weight is 458 g/mol. The summed E-state index contributed by atoms with van der Waals surface area (Å²) in [4.78, 5) is 18.0. The van der Waals surface area contributed by atoms with Gasteiger partial charge >= 0.3 is 0 Å². The smallest absolute Gasteiger partial charge is 0.244 e. The highest BCUT2D eigenvalue weighted by Crippen LogP contribution is 2.32. The van der Waals surface area contributed by atoms with Gasteiger partial charge in [0.15, 0.2) is 5.13 Å². The van der Waals surface area contributed by atoms with Gasteiger partial charge in [-0.15, -0.1) is 11.3 Å². The monoisotopic (exact) mass is 457 g/mol. The summed E-state index contributed by atoms with van der Waals surface area (Å²) in [6.45, 7) is 2.19. The van der Waals surface area contributed by atoms with E-state index in [9.17, 15) is 17.6 Å². The minimum absolute atomic E-state index is 0.281. The van der Waals surface area contributed by atoms with Crippen molar-refractivity contribution in [2.45, 2.75) is 43.5 Å². The Kier molecular flexibility index (Phi) is 7.31. The summed E-state index contributed by atoms with van der Waals surface area (Å²) < 4.78 is 41.6. The second-order valence-corrected chi connectivity index (χ2v) is 10.9. The van der Waals surface area contributed by atoms with Crippen molar-refractivity contribution in [1.82, 2.24) is 9.71 Å². The number of halogens is 1. The van der Waals surface area contributed by atoms with E-state index in [-0.39, 0.29) is 6.42 Å². The Bertz CT molecular complexity index is 978. The number of benzene rings is 1. The van der Waals surface area contributed by atoms with Crippen molar-refractivity contribution in [2.75, 3.05) is 17.3 Å². The lowest BCUT2D eigenvalue weighted by molar-refractivity contribution is -0.117. The molecule has 6 nitrogen and oxygen atoms in total. The minimum Gasteiger partial charge on any atom is -0.301 e. The summed E-state index contributed by atoms with van der Waals surface area (Å²) in [5, 5.41) is 3.23. The Labute approximate surface area is 178 Å². The number of aryl methyl sites for hydroxylation is 1. The first kappa shape index (κ1) is 22.2. The topological polar surface area (TPSA) is 88.2 Å². The van der Waals surface area contributed by atoms with Crippen LogP contribution in [0.4, 0.5) is 9.52 Å². The van der Waals surface area contributed by atoms with Crippen LogP contribution >= 0.6 is 23.1 Å². The predicted molar refractivity (Wildman–Crippen MR) is 115 cm³/mol. The third-order valence-electron chi connectivity index (χ3n) is 4.77. The molecule has 0 bridgehead atoms. The van der Waals surface area contributed by atoms with Crippen LogP contribution < -0.4 is 10.0 Å². The Hall–Kier alpha value is -1.49. The lowest BCUT2D eigenvalue weighted by Crippen LogP contribution is -2.44. The molecule has 0 aliphatic heterocycles. The number of nitrogens with zero attached hydrogens (tertiary/aromatic N) is 1. The lowest BCUT2D eigenvalue weighted by atomic mass is 9.93. The largest absolute Gasteiger partial charge is 0.301 e. The summed E-state index contributed by atoms with van der Waals surface area (Å²) in [7, 11) is -4.18. The quantitative estimate of drug-likeness (QED) is 0.634. The zero-order valence-corrected chi connectivity index (χ0v) is 18.7. The van der Waals surface area contributed by atoms with Crippen LogP contribution in [0.15, 0.2) is 29.2 Å². The van der Waals surface area contributed by atoms with Gasteiger partial charge in [0.25, 0.3) is 0 Å². The Morgan fingerprint density at radius 2 is 2.17 bits per heavy atom. The number of carbonyl (C=O) groups is 1. The Balaban J connectivity index is 1.76. The van der Waals surface area contributed by atoms with Crippen molar-refractivity contribution in [1.29, 1.82) is 0 Å². The van der Waals surface area contributed by atoms with Gasteiger partial charge in [0, 0.05) is 4.88 Å². The number of aromatic nitrogens is 1. The van der Waals surface area contributed by atoms with Gasteiger partial charge in [0.2, 0.25) is 15.9 Å². The maximum atomic E-state index is 14.0. The van der Waals surface area contributed by atoms with Crippen LogP contribution in [0.5, 0.6) is 0 Å². The van der Waals surface area contributed by atoms with E-state index in [2.05, 4.69) is 21.9 Å². The molecule has 158 valence electrons. The first-order chi connectivity index (χ1) is 13.8. The molecule has 1 aliphatic rings. The van der Waals surface area contributed by atoms with Crippen LogP contribution in [0.1, 0.15) is 30.3 Å². The maximum Gasteiger partial charge on any atom is 0.244 e. The number of thioether (sulfide) groups is 1. The van der Waals surface area contributed by atoms with E-state index in [4.69, 9.17) is 0 Å². The molecular formula is C19H24FN3O3S3. The fourth-order valence-electron chi connectivity index (χ4n) is 3.18. The molecule has 2 N–H and O–H groups in total. The van der Waals surface area contributed by atoms with Gasteiger partial charge in [0.1, 0.15) is 16.8 Å². The van der Waals surface area contributed by atoms with E-state index >= 15 is 0 Å². The number of thiazole rings is 1. The molecule has 1 aliphatic carbocycles. The van der Waals surface area contributed by atoms with Gasteiger partial charge in [-0.25, -0.2) is 17.8 Å². The van der Waals surface area contributed by atoms with Crippen molar-refractivity contribution in [3.8, 4) is 0 Å². The number of nitrogens with one attached hydrogen (secondary N) is 2. The molecule has 2 aromatic rings. The molecule has 29 heavy (non-hydrogen) atoms. The summed E-state index contributed by atoms with van der Waals surface area (Å²) in [5.74, 6) is -0.179. The molecule has 1 aromatic heterocycles. The number of anilines is 1. The van der Waals surface area contributed by atoms with Crippen LogP contribution in [0, 0.1) is 11.7 Å². The van der Waals surface area contributed by atoms with Crippen molar-refractivity contribution in [2.24, 2.45) is 5.92 Å². The number of hydrogen-bond acceptors (Lipinski definition) is 6. The highest BCUT2D eigenvalue weighted by Gasteiger charge is 2.28. The molecule has 0 saturated heterocycles. The average Bonchev–Trinajstić information content (AvgIpc) is 3.06. The number of hydrogen-bond donors (Lipinski definition) is 2. The summed E-state index contributed by atoms with van der Waals surface area (Å²) in [5.41, 5.74) is 1.01. The molecule has 0 fully saturated rings. The van der Waals surface area contributed by atoms with Gasteiger partial charge in [-0.05, 0) is 55.7 Å². The molecule has 0 spiro atoms. The zero-order valence-electron chi connectivity index (χ0n) is 16.3. The molecule has 0 radical (unpaired) electrons. The second kappa shape index (κ2) is 9.55. The van der Waals surface area contributed by atoms with Gasteiger partial charge < -0.3 is 5.32 Å². The van der Waals surface area contributed by atoms with Crippen LogP contribution in [-0.4, -0.2) is 37.4 Å². The third-order valence-corrected chi connectivity index (χ3v) is 7.95. The first-order valence-corrected chi connectivity index (χ1v) is 13.0. The Morgan fingerprint density at radius 3 is 2.90 bits per heavy atom. The van der Waals surface area contributed by atoms with Gasteiger partial charge in [0.05, 0.1) is 5.69 Å². The van der Waals surface area contributed by atoms with E-state index in [0.29, 0.717) is 16.8 Å². The van der Waals surface area contributed by atoms with Crippen LogP contribution in [0.25, 0.3) is 0 Å². The molecule has 1 heterocycles. The lowest BCUT2D eigenvalue weighted by Gasteiger charge is -2.17. The van der Waals surface area contributed by atoms with Crippen LogP contribution in [0.3, 0.4) is 0 Å². The highest BCUT2D eigenvalue weighted by molar-refractivity contribution is 7.98. The maximum absolute atomic E-state index is 14.0. The van der Waals surface area contributed by atoms with Crippen molar-refractivity contribution < 1.29 is 17.6 Å². The molecule has 2 atom stereocenters. The van der Waals surface area contributed by atoms with Crippen molar-refractivity contribution in [3.05, 3.63) is 40.7 Å². The fraction of sp³-hybridized carbons (Fsp3) is 0.474. The van der Waals surface area contributed by atoms with E-state index in [0.717, 1.165) is 31.0 Å². The Morgan fingerprint density at radius 1 is 1.41 bits per heavy atom. The van der Waals surface area contributed by atoms with E-state index in [1.165, 1.54) is 46.2 Å². The van der Waals surface area contributed by atoms with E-state index in [1.807, 2.05) is 6.26 Å². The van der Waals surface area contributed by atoms with Crippen LogP contribution in [0.2, 0.25) is 0 Å². The normalized spacial score (nSPS) is 17.6. The number of fused-ring (bicyclic) bond motifs is 1. The highest BCUT2D eigenvalue weighted by atomic mass is 32.2. The molecule has 1 aromatic carbocycles. The van der Waals surface area contributed by atoms with E-state index < -0.39 is 32.7 Å². The zero-order chi connectivity index (χ0) is 21.0. The van der Waals surface area contributed by atoms with Crippen molar-refractivity contribution >= 4 is 44.2 Å². The van der Waals surface area contributed by atoms with Gasteiger partial charge in [-0.1, -0.05) is 19.1 Å². The van der Waals surface area contributed by atoms with E-state index in [1.54, 1.807) is 0 Å². The number of rotatable bonds is 8. The van der Waals surface area contributed by atoms with Crippen LogP contribution in [-0.2, 0) is 27.7 Å². The summed E-state index contributed by atoms with van der Waals surface area (Å²) in [6, 6.07) is 4.09. The predicted octanol–water partition coefficient (Wildman–Crippen LogP) is 3.45. The first-order valence-electron chi connectivity index (χ1n) is 9.35. The number of sulfonamides is 1. The fourth-order valence-corrected chi connectivity index (χ4v) is 6.13. The SMILES string of the molecule is CSCCC(NS(=O)(=O)c1ccccc1F)C(=O)Nc1nc2c(s1)CC(C)CC2. The summed E-state index contributed by atoms with van der Waals surface area (Å²) >= 11 is 2.94. The molecule has 0 saturated carbocycles. The molecule has 10 heteroatoms. The summed E-state index contributed by atoms with van der Waals surface area (Å²) in [6.07, 6.45) is 5.06. The second-order valence-electron chi connectivity index (χ2n) is 7.11. The molecule has 2 unspecified atom stereocenters. The van der Waals surface area contributed by atoms with Gasteiger partial charge in [-0.2, -0.15) is 16.5 Å².